The molecule has 0 bridgehead atoms. The summed E-state index contributed by atoms with van der Waals surface area (Å²) in [7, 11) is -3.39. The Labute approximate surface area is 110 Å². The molecule has 106 valence electrons. The standard InChI is InChI=1S/C12H16F2N2O2S/c13-8-4-3-5-9(14)11(8)12(16-15)10-6-1-2-7-19(10,17)18/h3-5,10,12,16H,1-2,6-7,15H2. The first-order valence-electron chi connectivity index (χ1n) is 6.09. The Balaban J connectivity index is 2.45. The fraction of sp³-hybridized carbons (Fsp3) is 0.500. The van der Waals surface area contributed by atoms with Gasteiger partial charge in [-0.15, -0.1) is 0 Å². The van der Waals surface area contributed by atoms with Crippen LogP contribution < -0.4 is 11.3 Å². The van der Waals surface area contributed by atoms with E-state index in [1.165, 1.54) is 6.07 Å². The molecule has 0 radical (unpaired) electrons. The van der Waals surface area contributed by atoms with Crippen LogP contribution in [0.25, 0.3) is 0 Å². The Morgan fingerprint density at radius 1 is 1.26 bits per heavy atom. The molecule has 3 N–H and O–H groups in total. The maximum absolute atomic E-state index is 13.8. The third-order valence-electron chi connectivity index (χ3n) is 3.49. The summed E-state index contributed by atoms with van der Waals surface area (Å²) in [5.41, 5.74) is 1.96. The molecule has 7 heteroatoms. The lowest BCUT2D eigenvalue weighted by atomic mass is 9.99. The van der Waals surface area contributed by atoms with E-state index in [9.17, 15) is 17.2 Å². The Hall–Kier alpha value is -1.05. The first-order valence-corrected chi connectivity index (χ1v) is 7.80. The van der Waals surface area contributed by atoms with E-state index in [2.05, 4.69) is 5.43 Å². The van der Waals surface area contributed by atoms with Crippen LogP contribution in [0, 0.1) is 11.6 Å². The van der Waals surface area contributed by atoms with Crippen molar-refractivity contribution < 1.29 is 17.2 Å². The molecule has 1 saturated heterocycles. The lowest BCUT2D eigenvalue weighted by molar-refractivity contribution is 0.422. The summed E-state index contributed by atoms with van der Waals surface area (Å²) in [6.07, 6.45) is 1.64. The summed E-state index contributed by atoms with van der Waals surface area (Å²) in [5.74, 6) is 3.80. The smallest absolute Gasteiger partial charge is 0.155 e. The zero-order valence-electron chi connectivity index (χ0n) is 10.3. The SMILES string of the molecule is NNC(c1c(F)cccc1F)C1CCCCS1(=O)=O. The third-order valence-corrected chi connectivity index (χ3v) is 5.78. The van der Waals surface area contributed by atoms with Gasteiger partial charge >= 0.3 is 0 Å². The van der Waals surface area contributed by atoms with Gasteiger partial charge < -0.3 is 0 Å². The number of hydrazine groups is 1. The maximum Gasteiger partial charge on any atom is 0.155 e. The second kappa shape index (κ2) is 5.52. The summed E-state index contributed by atoms with van der Waals surface area (Å²) in [4.78, 5) is 0. The average molecular weight is 290 g/mol. The molecule has 2 rings (SSSR count). The van der Waals surface area contributed by atoms with E-state index < -0.39 is 32.8 Å². The highest BCUT2D eigenvalue weighted by molar-refractivity contribution is 7.92. The van der Waals surface area contributed by atoms with E-state index in [0.717, 1.165) is 12.1 Å². The van der Waals surface area contributed by atoms with Crippen molar-refractivity contribution in [1.29, 1.82) is 0 Å². The van der Waals surface area contributed by atoms with Crippen molar-refractivity contribution in [3.63, 3.8) is 0 Å². The third kappa shape index (κ3) is 2.77. The number of benzene rings is 1. The van der Waals surface area contributed by atoms with Gasteiger partial charge in [-0.25, -0.2) is 17.2 Å². The number of nitrogens with two attached hydrogens (primary N) is 1. The molecule has 0 spiro atoms. The Morgan fingerprint density at radius 3 is 2.42 bits per heavy atom. The maximum atomic E-state index is 13.8. The van der Waals surface area contributed by atoms with E-state index in [-0.39, 0.29) is 11.3 Å². The second-order valence-corrected chi connectivity index (χ2v) is 7.02. The molecule has 1 heterocycles. The van der Waals surface area contributed by atoms with Crippen LogP contribution in [-0.4, -0.2) is 19.4 Å². The lowest BCUT2D eigenvalue weighted by Crippen LogP contribution is -2.44. The minimum absolute atomic E-state index is 0.0336. The predicted molar refractivity (Wildman–Crippen MR) is 67.8 cm³/mol. The lowest BCUT2D eigenvalue weighted by Gasteiger charge is -2.30. The van der Waals surface area contributed by atoms with Gasteiger partial charge in [-0.05, 0) is 25.0 Å². The van der Waals surface area contributed by atoms with Crippen molar-refractivity contribution in [2.75, 3.05) is 5.75 Å². The first kappa shape index (κ1) is 14.4. The summed E-state index contributed by atoms with van der Waals surface area (Å²) in [5, 5.41) is -0.891. The van der Waals surface area contributed by atoms with Gasteiger partial charge in [-0.3, -0.25) is 11.3 Å². The minimum Gasteiger partial charge on any atom is -0.271 e. The number of sulfone groups is 1. The van der Waals surface area contributed by atoms with Gasteiger partial charge in [0.2, 0.25) is 0 Å². The number of hydrogen-bond acceptors (Lipinski definition) is 4. The minimum atomic E-state index is -3.39. The van der Waals surface area contributed by atoms with E-state index in [4.69, 9.17) is 5.84 Å². The molecule has 0 saturated carbocycles. The number of halogens is 2. The van der Waals surface area contributed by atoms with Crippen molar-refractivity contribution in [1.82, 2.24) is 5.43 Å². The molecule has 0 aromatic heterocycles. The molecule has 1 fully saturated rings. The average Bonchev–Trinajstić information content (AvgIpc) is 2.34. The molecular formula is C12H16F2N2O2S. The highest BCUT2D eigenvalue weighted by Crippen LogP contribution is 2.32. The quantitative estimate of drug-likeness (QED) is 0.652. The molecular weight excluding hydrogens is 274 g/mol. The fourth-order valence-electron chi connectivity index (χ4n) is 2.54. The van der Waals surface area contributed by atoms with Crippen LogP contribution in [-0.2, 0) is 9.84 Å². The Kier molecular flexibility index (Phi) is 4.17. The van der Waals surface area contributed by atoms with Gasteiger partial charge in [-0.2, -0.15) is 0 Å². The first-order chi connectivity index (χ1) is 8.97. The Morgan fingerprint density at radius 2 is 1.89 bits per heavy atom. The molecule has 19 heavy (non-hydrogen) atoms. The zero-order valence-corrected chi connectivity index (χ0v) is 11.1. The largest absolute Gasteiger partial charge is 0.271 e. The monoisotopic (exact) mass is 290 g/mol. The van der Waals surface area contributed by atoms with E-state index in [0.29, 0.717) is 19.3 Å². The molecule has 1 aromatic rings. The van der Waals surface area contributed by atoms with Crippen LogP contribution in [0.5, 0.6) is 0 Å². The molecule has 1 aliphatic rings. The summed E-state index contributed by atoms with van der Waals surface area (Å²) in [6.45, 7) is 0. The predicted octanol–water partition coefficient (Wildman–Crippen LogP) is 1.44. The van der Waals surface area contributed by atoms with Crippen molar-refractivity contribution in [3.05, 3.63) is 35.4 Å². The highest BCUT2D eigenvalue weighted by Gasteiger charge is 2.38. The number of hydrogen-bond donors (Lipinski definition) is 2. The van der Waals surface area contributed by atoms with Crippen molar-refractivity contribution in [2.45, 2.75) is 30.6 Å². The van der Waals surface area contributed by atoms with Crippen LogP contribution >= 0.6 is 0 Å². The molecule has 1 aromatic carbocycles. The Bertz CT molecular complexity index is 543. The fourth-order valence-corrected chi connectivity index (χ4v) is 4.60. The van der Waals surface area contributed by atoms with E-state index in [1.54, 1.807) is 0 Å². The van der Waals surface area contributed by atoms with Gasteiger partial charge in [0.05, 0.1) is 17.0 Å². The van der Waals surface area contributed by atoms with Crippen LogP contribution in [0.1, 0.15) is 30.9 Å². The van der Waals surface area contributed by atoms with Gasteiger partial charge in [-0.1, -0.05) is 12.5 Å². The van der Waals surface area contributed by atoms with Gasteiger partial charge in [0, 0.05) is 5.56 Å². The second-order valence-electron chi connectivity index (χ2n) is 4.68. The van der Waals surface area contributed by atoms with Crippen molar-refractivity contribution >= 4 is 9.84 Å². The molecule has 1 aliphatic heterocycles. The molecule has 0 amide bonds. The number of nitrogens with one attached hydrogen (secondary N) is 1. The van der Waals surface area contributed by atoms with E-state index >= 15 is 0 Å². The van der Waals surface area contributed by atoms with Gasteiger partial charge in [0.1, 0.15) is 11.6 Å². The molecule has 2 atom stereocenters. The van der Waals surface area contributed by atoms with E-state index in [1.807, 2.05) is 0 Å². The summed E-state index contributed by atoms with van der Waals surface area (Å²) < 4.78 is 51.6. The normalized spacial score (nSPS) is 24.1. The molecule has 2 unspecified atom stereocenters. The van der Waals surface area contributed by atoms with Crippen molar-refractivity contribution in [2.24, 2.45) is 5.84 Å². The van der Waals surface area contributed by atoms with Crippen LogP contribution in [0.2, 0.25) is 0 Å². The molecule has 0 aliphatic carbocycles. The molecule has 4 nitrogen and oxygen atoms in total. The summed E-state index contributed by atoms with van der Waals surface area (Å²) in [6, 6.07) is 2.36. The van der Waals surface area contributed by atoms with Crippen LogP contribution in [0.3, 0.4) is 0 Å². The van der Waals surface area contributed by atoms with Crippen LogP contribution in [0.15, 0.2) is 18.2 Å². The topological polar surface area (TPSA) is 72.2 Å². The van der Waals surface area contributed by atoms with Crippen LogP contribution in [0.4, 0.5) is 8.78 Å². The zero-order chi connectivity index (χ0) is 14.0. The van der Waals surface area contributed by atoms with Crippen molar-refractivity contribution in [3.8, 4) is 0 Å². The van der Waals surface area contributed by atoms with Gasteiger partial charge in [0.15, 0.2) is 9.84 Å². The summed E-state index contributed by atoms with van der Waals surface area (Å²) >= 11 is 0. The highest BCUT2D eigenvalue weighted by atomic mass is 32.2. The van der Waals surface area contributed by atoms with Gasteiger partial charge in [0.25, 0.3) is 0 Å². The number of rotatable bonds is 3.